The van der Waals surface area contributed by atoms with Crippen molar-refractivity contribution < 1.29 is 14.3 Å². The average Bonchev–Trinajstić information content (AvgIpc) is 2.47. The van der Waals surface area contributed by atoms with Crippen LogP contribution in [0.15, 0.2) is 42.6 Å². The Morgan fingerprint density at radius 3 is 2.89 bits per heavy atom. The first-order chi connectivity index (χ1) is 9.24. The highest BCUT2D eigenvalue weighted by Gasteiger charge is 2.09. The summed E-state index contributed by atoms with van der Waals surface area (Å²) in [5.74, 6) is 0.268. The number of ether oxygens (including phenoxy) is 1. The molecule has 0 atom stereocenters. The van der Waals surface area contributed by atoms with Gasteiger partial charge in [0.2, 0.25) is 0 Å². The molecule has 0 bridgehead atoms. The highest BCUT2D eigenvalue weighted by Crippen LogP contribution is 2.15. The zero-order valence-electron chi connectivity index (χ0n) is 10.3. The lowest BCUT2D eigenvalue weighted by atomic mass is 10.2. The van der Waals surface area contributed by atoms with Gasteiger partial charge in [-0.05, 0) is 30.3 Å². The topological polar surface area (TPSA) is 68.3 Å². The fourth-order valence-electron chi connectivity index (χ4n) is 1.58. The van der Waals surface area contributed by atoms with Crippen molar-refractivity contribution in [3.63, 3.8) is 0 Å². The Balaban J connectivity index is 2.23. The van der Waals surface area contributed by atoms with E-state index in [0.29, 0.717) is 23.3 Å². The number of hydrogen-bond acceptors (Lipinski definition) is 4. The van der Waals surface area contributed by atoms with Crippen LogP contribution in [0.5, 0.6) is 5.75 Å². The molecule has 0 saturated heterocycles. The van der Waals surface area contributed by atoms with Crippen LogP contribution in [0.25, 0.3) is 0 Å². The Labute approximate surface area is 110 Å². The number of nitrogens with one attached hydrogen (secondary N) is 1. The first-order valence-electron chi connectivity index (χ1n) is 5.60. The number of anilines is 1. The van der Waals surface area contributed by atoms with Crippen molar-refractivity contribution in [3.05, 3.63) is 53.9 Å². The number of hydrogen-bond donors (Lipinski definition) is 1. The first-order valence-corrected chi connectivity index (χ1v) is 5.60. The number of aldehydes is 1. The number of carbonyl (C=O) groups is 2. The number of aromatic nitrogens is 1. The van der Waals surface area contributed by atoms with Gasteiger partial charge in [-0.15, -0.1) is 0 Å². The lowest BCUT2D eigenvalue weighted by Gasteiger charge is -2.07. The molecule has 0 fully saturated rings. The minimum atomic E-state index is -0.324. The number of nitrogens with zero attached hydrogens (tertiary/aromatic N) is 1. The number of rotatable bonds is 4. The number of carbonyl (C=O) groups excluding carboxylic acids is 2. The molecule has 1 N–H and O–H groups in total. The van der Waals surface area contributed by atoms with Gasteiger partial charge in [-0.25, -0.2) is 0 Å². The normalized spacial score (nSPS) is 9.74. The van der Waals surface area contributed by atoms with E-state index in [1.165, 1.54) is 13.3 Å². The Morgan fingerprint density at radius 2 is 2.16 bits per heavy atom. The molecule has 5 heteroatoms. The molecule has 0 aliphatic heterocycles. The van der Waals surface area contributed by atoms with E-state index in [2.05, 4.69) is 10.3 Å². The molecule has 0 radical (unpaired) electrons. The van der Waals surface area contributed by atoms with E-state index in [0.717, 1.165) is 0 Å². The molecule has 0 aliphatic carbocycles. The minimum absolute atomic E-state index is 0.193. The summed E-state index contributed by atoms with van der Waals surface area (Å²) in [5.41, 5.74) is 1.02. The first kappa shape index (κ1) is 12.8. The van der Waals surface area contributed by atoms with Crippen LogP contribution in [-0.4, -0.2) is 24.3 Å². The van der Waals surface area contributed by atoms with Crippen molar-refractivity contribution in [1.29, 1.82) is 0 Å². The van der Waals surface area contributed by atoms with Crippen molar-refractivity contribution in [2.24, 2.45) is 0 Å². The second-order valence-corrected chi connectivity index (χ2v) is 3.74. The van der Waals surface area contributed by atoms with E-state index in [1.807, 2.05) is 0 Å². The average molecular weight is 256 g/mol. The summed E-state index contributed by atoms with van der Waals surface area (Å²) in [7, 11) is 1.53. The Bertz CT molecular complexity index is 611. The summed E-state index contributed by atoms with van der Waals surface area (Å²) < 4.78 is 5.05. The van der Waals surface area contributed by atoms with Gasteiger partial charge < -0.3 is 10.1 Å². The molecule has 2 aromatic rings. The maximum Gasteiger partial charge on any atom is 0.255 e. The predicted octanol–water partition coefficient (Wildman–Crippen LogP) is 2.16. The Kier molecular flexibility index (Phi) is 3.87. The van der Waals surface area contributed by atoms with Crippen LogP contribution in [0, 0.1) is 0 Å². The molecular formula is C14H12N2O3. The molecule has 2 rings (SSSR count). The van der Waals surface area contributed by atoms with Gasteiger partial charge in [0.1, 0.15) is 11.4 Å². The van der Waals surface area contributed by atoms with E-state index >= 15 is 0 Å². The van der Waals surface area contributed by atoms with Gasteiger partial charge >= 0.3 is 0 Å². The number of amides is 1. The maximum atomic E-state index is 12.0. The predicted molar refractivity (Wildman–Crippen MR) is 70.6 cm³/mol. The van der Waals surface area contributed by atoms with Crippen LogP contribution in [0.4, 0.5) is 5.69 Å². The highest BCUT2D eigenvalue weighted by atomic mass is 16.5. The highest BCUT2D eigenvalue weighted by molar-refractivity contribution is 6.06. The summed E-state index contributed by atoms with van der Waals surface area (Å²) >= 11 is 0. The molecular weight excluding hydrogens is 244 g/mol. The van der Waals surface area contributed by atoms with E-state index in [-0.39, 0.29) is 11.6 Å². The lowest BCUT2D eigenvalue weighted by Crippen LogP contribution is -2.13. The molecule has 0 saturated carbocycles. The Hall–Kier alpha value is -2.69. The van der Waals surface area contributed by atoms with Crippen molar-refractivity contribution in [1.82, 2.24) is 4.98 Å². The van der Waals surface area contributed by atoms with Crippen LogP contribution in [0.3, 0.4) is 0 Å². The zero-order chi connectivity index (χ0) is 13.7. The summed E-state index contributed by atoms with van der Waals surface area (Å²) in [6.45, 7) is 0. The summed E-state index contributed by atoms with van der Waals surface area (Å²) in [5, 5.41) is 2.64. The third kappa shape index (κ3) is 2.95. The van der Waals surface area contributed by atoms with E-state index in [4.69, 9.17) is 4.74 Å². The maximum absolute atomic E-state index is 12.0. The fraction of sp³-hybridized carbons (Fsp3) is 0.0714. The summed E-state index contributed by atoms with van der Waals surface area (Å²) in [6.07, 6.45) is 2.09. The second kappa shape index (κ2) is 5.77. The van der Waals surface area contributed by atoms with E-state index in [1.54, 1.807) is 36.4 Å². The molecule has 19 heavy (non-hydrogen) atoms. The molecule has 1 aromatic carbocycles. The third-order valence-corrected chi connectivity index (χ3v) is 2.53. The monoisotopic (exact) mass is 256 g/mol. The lowest BCUT2D eigenvalue weighted by molar-refractivity contribution is 0.102. The van der Waals surface area contributed by atoms with Crippen molar-refractivity contribution >= 4 is 17.9 Å². The third-order valence-electron chi connectivity index (χ3n) is 2.53. The molecule has 0 spiro atoms. The Morgan fingerprint density at radius 1 is 1.32 bits per heavy atom. The van der Waals surface area contributed by atoms with Crippen LogP contribution in [-0.2, 0) is 0 Å². The van der Waals surface area contributed by atoms with Crippen LogP contribution in [0.2, 0.25) is 0 Å². The van der Waals surface area contributed by atoms with Gasteiger partial charge in [-0.3, -0.25) is 14.6 Å². The molecule has 1 heterocycles. The smallest absolute Gasteiger partial charge is 0.255 e. The molecule has 0 unspecified atom stereocenters. The number of benzene rings is 1. The second-order valence-electron chi connectivity index (χ2n) is 3.74. The van der Waals surface area contributed by atoms with Gasteiger partial charge in [0.15, 0.2) is 6.29 Å². The van der Waals surface area contributed by atoms with E-state index in [9.17, 15) is 9.59 Å². The summed E-state index contributed by atoms with van der Waals surface area (Å²) in [4.78, 5) is 26.7. The van der Waals surface area contributed by atoms with Crippen molar-refractivity contribution in [2.45, 2.75) is 0 Å². The number of methoxy groups -OCH3 is 1. The summed E-state index contributed by atoms with van der Waals surface area (Å²) in [6, 6.07) is 10.0. The van der Waals surface area contributed by atoms with Gasteiger partial charge in [0.05, 0.1) is 12.8 Å². The largest absolute Gasteiger partial charge is 0.497 e. The van der Waals surface area contributed by atoms with Crippen LogP contribution >= 0.6 is 0 Å². The van der Waals surface area contributed by atoms with Crippen LogP contribution < -0.4 is 10.1 Å². The van der Waals surface area contributed by atoms with E-state index < -0.39 is 0 Å². The van der Waals surface area contributed by atoms with Crippen molar-refractivity contribution in [2.75, 3.05) is 12.4 Å². The van der Waals surface area contributed by atoms with Gasteiger partial charge in [-0.2, -0.15) is 0 Å². The molecule has 96 valence electrons. The van der Waals surface area contributed by atoms with Crippen LogP contribution in [0.1, 0.15) is 20.8 Å². The number of pyridine rings is 1. The zero-order valence-corrected chi connectivity index (χ0v) is 10.3. The quantitative estimate of drug-likeness (QED) is 0.851. The molecule has 1 amide bonds. The SMILES string of the molecule is COc1cccc(C(=O)Nc2cccnc2C=O)c1. The van der Waals surface area contributed by atoms with Gasteiger partial charge in [0, 0.05) is 11.8 Å². The minimum Gasteiger partial charge on any atom is -0.497 e. The van der Waals surface area contributed by atoms with Gasteiger partial charge in [-0.1, -0.05) is 6.07 Å². The van der Waals surface area contributed by atoms with Gasteiger partial charge in [0.25, 0.3) is 5.91 Å². The standard InChI is InChI=1S/C14H12N2O3/c1-19-11-5-2-4-10(8-11)14(18)16-12-6-3-7-15-13(12)9-17/h2-9H,1H3,(H,16,18). The van der Waals surface area contributed by atoms with Crippen molar-refractivity contribution in [3.8, 4) is 5.75 Å². The molecule has 0 aliphatic rings. The molecule has 1 aromatic heterocycles. The molecule has 5 nitrogen and oxygen atoms in total. The fourth-order valence-corrected chi connectivity index (χ4v) is 1.58.